The maximum atomic E-state index is 13.0. The minimum atomic E-state index is -3.65. The Morgan fingerprint density at radius 1 is 0.969 bits per heavy atom. The molecular formula is C24H22N2O5S. The zero-order chi connectivity index (χ0) is 22.7. The van der Waals surface area contributed by atoms with E-state index in [2.05, 4.69) is 5.32 Å². The standard InChI is InChI=1S/C24H22N2O5S/c1-2-31-24(28)17-8-11-20(12-9-17)25-23(27)19-10-13-22-18(16-19)14-15-26(22)32(29,30)21-6-4-3-5-7-21/h3-13,16H,2,14-15H2,1H3,(H,25,27). The van der Waals surface area contributed by atoms with Crippen molar-refractivity contribution in [3.05, 3.63) is 89.5 Å². The van der Waals surface area contributed by atoms with Gasteiger partial charge in [-0.25, -0.2) is 13.2 Å². The van der Waals surface area contributed by atoms with E-state index in [4.69, 9.17) is 4.74 Å². The third kappa shape index (κ3) is 4.22. The van der Waals surface area contributed by atoms with Crippen LogP contribution in [-0.2, 0) is 21.2 Å². The first-order chi connectivity index (χ1) is 15.4. The first-order valence-electron chi connectivity index (χ1n) is 10.2. The molecule has 8 heteroatoms. The number of hydrogen-bond acceptors (Lipinski definition) is 5. The molecule has 0 aliphatic carbocycles. The molecule has 3 aromatic rings. The molecule has 1 aliphatic heterocycles. The van der Waals surface area contributed by atoms with Crippen molar-refractivity contribution in [1.82, 2.24) is 0 Å². The van der Waals surface area contributed by atoms with Crippen molar-refractivity contribution in [2.24, 2.45) is 0 Å². The van der Waals surface area contributed by atoms with Gasteiger partial charge in [0, 0.05) is 17.8 Å². The molecular weight excluding hydrogens is 428 g/mol. The van der Waals surface area contributed by atoms with Crippen LogP contribution < -0.4 is 9.62 Å². The summed E-state index contributed by atoms with van der Waals surface area (Å²) in [6.07, 6.45) is 0.525. The van der Waals surface area contributed by atoms with Gasteiger partial charge in [-0.1, -0.05) is 18.2 Å². The van der Waals surface area contributed by atoms with Crippen LogP contribution in [0.4, 0.5) is 11.4 Å². The Hall–Kier alpha value is -3.65. The molecule has 1 heterocycles. The molecule has 1 amide bonds. The Bertz CT molecular complexity index is 1260. The molecule has 0 spiro atoms. The summed E-state index contributed by atoms with van der Waals surface area (Å²) >= 11 is 0. The summed E-state index contributed by atoms with van der Waals surface area (Å²) in [5.74, 6) is -0.736. The van der Waals surface area contributed by atoms with Gasteiger partial charge in [-0.05, 0) is 73.5 Å². The van der Waals surface area contributed by atoms with Gasteiger partial charge >= 0.3 is 5.97 Å². The summed E-state index contributed by atoms with van der Waals surface area (Å²) in [7, 11) is -3.65. The summed E-state index contributed by atoms with van der Waals surface area (Å²) in [5, 5.41) is 2.79. The molecule has 0 saturated carbocycles. The molecule has 0 atom stereocenters. The number of carbonyl (C=O) groups excluding carboxylic acids is 2. The number of ether oxygens (including phenoxy) is 1. The van der Waals surface area contributed by atoms with Crippen molar-refractivity contribution in [2.75, 3.05) is 22.8 Å². The molecule has 0 bridgehead atoms. The Morgan fingerprint density at radius 2 is 1.66 bits per heavy atom. The molecule has 0 saturated heterocycles. The molecule has 0 aromatic heterocycles. The quantitative estimate of drug-likeness (QED) is 0.576. The van der Waals surface area contributed by atoms with Gasteiger partial charge in [-0.2, -0.15) is 0 Å². The monoisotopic (exact) mass is 450 g/mol. The highest BCUT2D eigenvalue weighted by atomic mass is 32.2. The van der Waals surface area contributed by atoms with Crippen LogP contribution in [0.25, 0.3) is 0 Å². The first kappa shape index (κ1) is 21.6. The Kier molecular flexibility index (Phi) is 5.96. The number of esters is 1. The topological polar surface area (TPSA) is 92.8 Å². The second-order valence-electron chi connectivity index (χ2n) is 7.24. The van der Waals surface area contributed by atoms with E-state index in [-0.39, 0.29) is 10.8 Å². The Balaban J connectivity index is 1.50. The maximum absolute atomic E-state index is 13.0. The van der Waals surface area contributed by atoms with E-state index < -0.39 is 16.0 Å². The smallest absolute Gasteiger partial charge is 0.338 e. The van der Waals surface area contributed by atoms with E-state index >= 15 is 0 Å². The number of nitrogens with one attached hydrogen (secondary N) is 1. The summed E-state index contributed by atoms with van der Waals surface area (Å²) < 4.78 is 32.3. The number of sulfonamides is 1. The van der Waals surface area contributed by atoms with Gasteiger partial charge in [0.15, 0.2) is 0 Å². The van der Waals surface area contributed by atoms with Crippen LogP contribution in [0.1, 0.15) is 33.2 Å². The fourth-order valence-electron chi connectivity index (χ4n) is 3.59. The summed E-state index contributed by atoms with van der Waals surface area (Å²) in [4.78, 5) is 24.7. The lowest BCUT2D eigenvalue weighted by Crippen LogP contribution is -2.29. The minimum Gasteiger partial charge on any atom is -0.462 e. The van der Waals surface area contributed by atoms with E-state index in [1.54, 1.807) is 79.7 Å². The zero-order valence-corrected chi connectivity index (χ0v) is 18.3. The maximum Gasteiger partial charge on any atom is 0.338 e. The van der Waals surface area contributed by atoms with Gasteiger partial charge in [-0.3, -0.25) is 9.10 Å². The Morgan fingerprint density at radius 3 is 2.34 bits per heavy atom. The molecule has 164 valence electrons. The van der Waals surface area contributed by atoms with Gasteiger partial charge in [0.1, 0.15) is 0 Å². The molecule has 0 radical (unpaired) electrons. The van der Waals surface area contributed by atoms with E-state index in [1.807, 2.05) is 0 Å². The summed E-state index contributed by atoms with van der Waals surface area (Å²) in [6, 6.07) is 19.7. The van der Waals surface area contributed by atoms with Crippen molar-refractivity contribution in [3.8, 4) is 0 Å². The average Bonchev–Trinajstić information content (AvgIpc) is 3.24. The fourth-order valence-corrected chi connectivity index (χ4v) is 5.11. The largest absolute Gasteiger partial charge is 0.462 e. The number of hydrogen-bond donors (Lipinski definition) is 1. The molecule has 3 aromatic carbocycles. The van der Waals surface area contributed by atoms with Gasteiger partial charge in [0.05, 0.1) is 22.8 Å². The summed E-state index contributed by atoms with van der Waals surface area (Å²) in [6.45, 7) is 2.35. The number of rotatable bonds is 6. The highest BCUT2D eigenvalue weighted by Gasteiger charge is 2.31. The van der Waals surface area contributed by atoms with Gasteiger partial charge < -0.3 is 10.1 Å². The lowest BCUT2D eigenvalue weighted by atomic mass is 10.1. The normalized spacial score (nSPS) is 12.8. The number of nitrogens with zero attached hydrogens (tertiary/aromatic N) is 1. The van der Waals surface area contributed by atoms with Crippen LogP contribution in [0.15, 0.2) is 77.7 Å². The number of amides is 1. The SMILES string of the molecule is CCOC(=O)c1ccc(NC(=O)c2ccc3c(c2)CCN3S(=O)(=O)c2ccccc2)cc1. The highest BCUT2D eigenvalue weighted by Crippen LogP contribution is 2.33. The number of carbonyl (C=O) groups is 2. The second-order valence-corrected chi connectivity index (χ2v) is 9.10. The van der Waals surface area contributed by atoms with Crippen molar-refractivity contribution < 1.29 is 22.7 Å². The molecule has 32 heavy (non-hydrogen) atoms. The molecule has 1 N–H and O–H groups in total. The fraction of sp³-hybridized carbons (Fsp3) is 0.167. The first-order valence-corrected chi connectivity index (χ1v) is 11.6. The number of benzene rings is 3. The van der Waals surface area contributed by atoms with Crippen LogP contribution in [0.5, 0.6) is 0 Å². The predicted molar refractivity (Wildman–Crippen MR) is 121 cm³/mol. The second kappa shape index (κ2) is 8.84. The van der Waals surface area contributed by atoms with Gasteiger partial charge in [-0.15, -0.1) is 0 Å². The van der Waals surface area contributed by atoms with Gasteiger partial charge in [0.25, 0.3) is 15.9 Å². The number of anilines is 2. The highest BCUT2D eigenvalue weighted by molar-refractivity contribution is 7.92. The van der Waals surface area contributed by atoms with Crippen LogP contribution in [-0.4, -0.2) is 33.4 Å². The van der Waals surface area contributed by atoms with Crippen LogP contribution in [0, 0.1) is 0 Å². The molecule has 4 rings (SSSR count). The third-order valence-corrected chi connectivity index (χ3v) is 7.01. The summed E-state index contributed by atoms with van der Waals surface area (Å²) in [5.41, 5.74) is 2.76. The van der Waals surface area contributed by atoms with Crippen molar-refractivity contribution in [3.63, 3.8) is 0 Å². The lowest BCUT2D eigenvalue weighted by Gasteiger charge is -2.19. The third-order valence-electron chi connectivity index (χ3n) is 5.18. The van der Waals surface area contributed by atoms with E-state index in [1.165, 1.54) is 4.31 Å². The minimum absolute atomic E-state index is 0.237. The van der Waals surface area contributed by atoms with E-state index in [9.17, 15) is 18.0 Å². The average molecular weight is 451 g/mol. The van der Waals surface area contributed by atoms with E-state index in [0.29, 0.717) is 42.1 Å². The zero-order valence-electron chi connectivity index (χ0n) is 17.4. The van der Waals surface area contributed by atoms with Crippen LogP contribution >= 0.6 is 0 Å². The lowest BCUT2D eigenvalue weighted by molar-refractivity contribution is 0.0526. The van der Waals surface area contributed by atoms with E-state index in [0.717, 1.165) is 5.56 Å². The van der Waals surface area contributed by atoms with Crippen molar-refractivity contribution in [2.45, 2.75) is 18.2 Å². The number of fused-ring (bicyclic) bond motifs is 1. The Labute approximate surface area is 186 Å². The molecule has 0 fully saturated rings. The van der Waals surface area contributed by atoms with Crippen LogP contribution in [0.3, 0.4) is 0 Å². The van der Waals surface area contributed by atoms with Crippen molar-refractivity contribution >= 4 is 33.3 Å². The molecule has 1 aliphatic rings. The van der Waals surface area contributed by atoms with Crippen LogP contribution in [0.2, 0.25) is 0 Å². The van der Waals surface area contributed by atoms with Crippen molar-refractivity contribution in [1.29, 1.82) is 0 Å². The molecule has 0 unspecified atom stereocenters. The van der Waals surface area contributed by atoms with Gasteiger partial charge in [0.2, 0.25) is 0 Å². The molecule has 7 nitrogen and oxygen atoms in total. The predicted octanol–water partition coefficient (Wildman–Crippen LogP) is 3.87.